The summed E-state index contributed by atoms with van der Waals surface area (Å²) < 4.78 is 0. The SMILES string of the molecule is CCC#Cc1ccc(CNC(=O)c2cc(O)ccc2C)c2ccccc12. The minimum atomic E-state index is -0.197. The van der Waals surface area contributed by atoms with E-state index < -0.39 is 0 Å². The van der Waals surface area contributed by atoms with Gasteiger partial charge in [0.1, 0.15) is 5.75 Å². The van der Waals surface area contributed by atoms with Crippen LogP contribution in [0.25, 0.3) is 10.8 Å². The molecule has 3 aromatic carbocycles. The lowest BCUT2D eigenvalue weighted by Crippen LogP contribution is -2.23. The minimum absolute atomic E-state index is 0.0880. The fraction of sp³-hybridized carbons (Fsp3) is 0.174. The molecule has 2 N–H and O–H groups in total. The van der Waals surface area contributed by atoms with Gasteiger partial charge in [-0.15, -0.1) is 0 Å². The van der Waals surface area contributed by atoms with Crippen LogP contribution in [0.2, 0.25) is 0 Å². The van der Waals surface area contributed by atoms with Gasteiger partial charge >= 0.3 is 0 Å². The van der Waals surface area contributed by atoms with Gasteiger partial charge in [0.15, 0.2) is 0 Å². The average Bonchev–Trinajstić information content (AvgIpc) is 2.66. The third-order valence-electron chi connectivity index (χ3n) is 4.32. The van der Waals surface area contributed by atoms with E-state index in [-0.39, 0.29) is 11.7 Å². The molecule has 3 aromatic rings. The molecule has 3 heteroatoms. The highest BCUT2D eigenvalue weighted by molar-refractivity contribution is 5.96. The smallest absolute Gasteiger partial charge is 0.251 e. The Kier molecular flexibility index (Phi) is 5.24. The molecule has 130 valence electrons. The first kappa shape index (κ1) is 17.6. The molecule has 0 aliphatic heterocycles. The van der Waals surface area contributed by atoms with Crippen molar-refractivity contribution in [3.05, 3.63) is 76.9 Å². The van der Waals surface area contributed by atoms with Gasteiger partial charge in [-0.05, 0) is 47.0 Å². The fourth-order valence-electron chi connectivity index (χ4n) is 2.93. The van der Waals surface area contributed by atoms with E-state index >= 15 is 0 Å². The highest BCUT2D eigenvalue weighted by Crippen LogP contribution is 2.23. The lowest BCUT2D eigenvalue weighted by atomic mass is 9.99. The third kappa shape index (κ3) is 3.70. The van der Waals surface area contributed by atoms with Gasteiger partial charge in [-0.3, -0.25) is 4.79 Å². The predicted molar refractivity (Wildman–Crippen MR) is 105 cm³/mol. The quantitative estimate of drug-likeness (QED) is 0.686. The van der Waals surface area contributed by atoms with Crippen molar-refractivity contribution in [2.45, 2.75) is 26.8 Å². The highest BCUT2D eigenvalue weighted by Gasteiger charge is 2.11. The topological polar surface area (TPSA) is 49.3 Å². The van der Waals surface area contributed by atoms with Crippen molar-refractivity contribution in [1.82, 2.24) is 5.32 Å². The summed E-state index contributed by atoms with van der Waals surface area (Å²) in [4.78, 5) is 12.5. The molecular formula is C23H21NO2. The Morgan fingerprint density at radius 2 is 1.85 bits per heavy atom. The van der Waals surface area contributed by atoms with Gasteiger partial charge in [0.25, 0.3) is 5.91 Å². The van der Waals surface area contributed by atoms with Crippen molar-refractivity contribution in [3.63, 3.8) is 0 Å². The average molecular weight is 343 g/mol. The summed E-state index contributed by atoms with van der Waals surface area (Å²) in [5.41, 5.74) is 3.35. The molecule has 0 aromatic heterocycles. The van der Waals surface area contributed by atoms with Crippen LogP contribution in [-0.4, -0.2) is 11.0 Å². The Labute approximate surface area is 153 Å². The Morgan fingerprint density at radius 1 is 1.08 bits per heavy atom. The van der Waals surface area contributed by atoms with Crippen molar-refractivity contribution in [2.75, 3.05) is 0 Å². The number of phenols is 1. The molecule has 3 nitrogen and oxygen atoms in total. The number of amides is 1. The van der Waals surface area contributed by atoms with Crippen LogP contribution in [0.1, 0.15) is 40.4 Å². The molecule has 3 rings (SSSR count). The summed E-state index contributed by atoms with van der Waals surface area (Å²) in [5, 5.41) is 14.8. The summed E-state index contributed by atoms with van der Waals surface area (Å²) in [5.74, 6) is 6.21. The number of nitrogens with one attached hydrogen (secondary N) is 1. The second kappa shape index (κ2) is 7.76. The second-order valence-electron chi connectivity index (χ2n) is 6.16. The van der Waals surface area contributed by atoms with Gasteiger partial charge in [-0.25, -0.2) is 0 Å². The number of phenolic OH excluding ortho intramolecular Hbond substituents is 1. The maximum absolute atomic E-state index is 12.5. The molecule has 0 saturated heterocycles. The largest absolute Gasteiger partial charge is 0.508 e. The number of hydrogen-bond acceptors (Lipinski definition) is 2. The lowest BCUT2D eigenvalue weighted by Gasteiger charge is -2.11. The number of benzene rings is 3. The molecular weight excluding hydrogens is 322 g/mol. The van der Waals surface area contributed by atoms with Crippen molar-refractivity contribution in [3.8, 4) is 17.6 Å². The normalized spacial score (nSPS) is 10.2. The molecule has 0 bridgehead atoms. The standard InChI is InChI=1S/C23H21NO2/c1-3-4-7-17-11-12-18(21-9-6-5-8-20(17)21)15-24-23(26)22-14-19(25)13-10-16(22)2/h5-6,8-14,25H,3,15H2,1-2H3,(H,24,26). The van der Waals surface area contributed by atoms with E-state index in [1.807, 2.05) is 44.2 Å². The van der Waals surface area contributed by atoms with Crippen LogP contribution >= 0.6 is 0 Å². The van der Waals surface area contributed by atoms with E-state index in [0.717, 1.165) is 33.9 Å². The number of hydrogen-bond donors (Lipinski definition) is 2. The lowest BCUT2D eigenvalue weighted by molar-refractivity contribution is 0.0950. The van der Waals surface area contributed by atoms with Crippen LogP contribution in [0.3, 0.4) is 0 Å². The van der Waals surface area contributed by atoms with Crippen molar-refractivity contribution < 1.29 is 9.90 Å². The molecule has 0 atom stereocenters. The number of carbonyl (C=O) groups excluding carboxylic acids is 1. The molecule has 0 fully saturated rings. The van der Waals surface area contributed by atoms with Gasteiger partial charge in [0.2, 0.25) is 0 Å². The Balaban J connectivity index is 1.88. The number of fused-ring (bicyclic) bond motifs is 1. The third-order valence-corrected chi connectivity index (χ3v) is 4.32. The summed E-state index contributed by atoms with van der Waals surface area (Å²) in [7, 11) is 0. The summed E-state index contributed by atoms with van der Waals surface area (Å²) >= 11 is 0. The van der Waals surface area contributed by atoms with E-state index in [1.165, 1.54) is 6.07 Å². The Bertz CT molecular complexity index is 1030. The maximum atomic E-state index is 12.5. The number of aromatic hydroxyl groups is 1. The summed E-state index contributed by atoms with van der Waals surface area (Å²) in [6.07, 6.45) is 0.815. The first-order valence-corrected chi connectivity index (χ1v) is 8.67. The molecule has 0 spiro atoms. The summed E-state index contributed by atoms with van der Waals surface area (Å²) in [6, 6.07) is 16.9. The molecule has 0 heterocycles. The molecule has 0 unspecified atom stereocenters. The van der Waals surface area contributed by atoms with E-state index in [2.05, 4.69) is 23.2 Å². The van der Waals surface area contributed by atoms with Gasteiger partial charge in [-0.1, -0.05) is 55.2 Å². The first-order valence-electron chi connectivity index (χ1n) is 8.67. The van der Waals surface area contributed by atoms with Crippen LogP contribution in [0.15, 0.2) is 54.6 Å². The number of aryl methyl sites for hydroxylation is 1. The zero-order valence-corrected chi connectivity index (χ0v) is 15.0. The van der Waals surface area contributed by atoms with Gasteiger partial charge in [-0.2, -0.15) is 0 Å². The van der Waals surface area contributed by atoms with Crippen molar-refractivity contribution >= 4 is 16.7 Å². The van der Waals surface area contributed by atoms with Crippen molar-refractivity contribution in [1.29, 1.82) is 0 Å². The van der Waals surface area contributed by atoms with Gasteiger partial charge in [0, 0.05) is 24.1 Å². The zero-order chi connectivity index (χ0) is 18.5. The zero-order valence-electron chi connectivity index (χ0n) is 15.0. The minimum Gasteiger partial charge on any atom is -0.508 e. The van der Waals surface area contributed by atoms with Crippen LogP contribution in [0.4, 0.5) is 0 Å². The molecule has 0 aliphatic carbocycles. The number of rotatable bonds is 3. The van der Waals surface area contributed by atoms with Crippen molar-refractivity contribution in [2.24, 2.45) is 0 Å². The number of carbonyl (C=O) groups is 1. The monoisotopic (exact) mass is 343 g/mol. The second-order valence-corrected chi connectivity index (χ2v) is 6.16. The van der Waals surface area contributed by atoms with Gasteiger partial charge < -0.3 is 10.4 Å². The first-order chi connectivity index (χ1) is 12.6. The molecule has 26 heavy (non-hydrogen) atoms. The summed E-state index contributed by atoms with van der Waals surface area (Å²) in [6.45, 7) is 4.29. The van der Waals surface area contributed by atoms with Crippen LogP contribution < -0.4 is 5.32 Å². The van der Waals surface area contributed by atoms with E-state index in [4.69, 9.17) is 0 Å². The Hall–Kier alpha value is -3.25. The maximum Gasteiger partial charge on any atom is 0.251 e. The van der Waals surface area contributed by atoms with Gasteiger partial charge in [0.05, 0.1) is 0 Å². The van der Waals surface area contributed by atoms with E-state index in [9.17, 15) is 9.90 Å². The van der Waals surface area contributed by atoms with Crippen LogP contribution in [0.5, 0.6) is 5.75 Å². The molecule has 0 aliphatic rings. The van der Waals surface area contributed by atoms with E-state index in [0.29, 0.717) is 12.1 Å². The van der Waals surface area contributed by atoms with E-state index in [1.54, 1.807) is 12.1 Å². The fourth-order valence-corrected chi connectivity index (χ4v) is 2.93. The van der Waals surface area contributed by atoms with Crippen LogP contribution in [-0.2, 0) is 6.54 Å². The predicted octanol–water partition coefficient (Wildman–Crippen LogP) is 4.55. The highest BCUT2D eigenvalue weighted by atomic mass is 16.3. The molecule has 0 radical (unpaired) electrons. The van der Waals surface area contributed by atoms with Crippen LogP contribution in [0, 0.1) is 18.8 Å². The Morgan fingerprint density at radius 3 is 2.62 bits per heavy atom. The molecule has 0 saturated carbocycles. The molecule has 1 amide bonds.